The summed E-state index contributed by atoms with van der Waals surface area (Å²) in [6.07, 6.45) is 7.21. The molecule has 30 heavy (non-hydrogen) atoms. The van der Waals surface area contributed by atoms with Gasteiger partial charge in [-0.2, -0.15) is 0 Å². The van der Waals surface area contributed by atoms with Crippen molar-refractivity contribution in [1.29, 1.82) is 0 Å². The smallest absolute Gasteiger partial charge is 0.315 e. The van der Waals surface area contributed by atoms with Gasteiger partial charge in [0.25, 0.3) is 6.47 Å². The van der Waals surface area contributed by atoms with Crippen LogP contribution >= 0.6 is 0 Å². The number of pyridine rings is 1. The fourth-order valence-electron chi connectivity index (χ4n) is 3.28. The molecular weight excluding hydrogens is 388 g/mol. The number of amides is 3. The Morgan fingerprint density at radius 1 is 1.20 bits per heavy atom. The van der Waals surface area contributed by atoms with Crippen LogP contribution in [-0.2, 0) is 20.9 Å². The Labute approximate surface area is 178 Å². The third kappa shape index (κ3) is 9.69. The monoisotopic (exact) mass is 422 g/mol. The molecule has 2 rings (SSSR count). The molecule has 9 heteroatoms. The second-order valence-electron chi connectivity index (χ2n) is 7.10. The third-order valence-corrected chi connectivity index (χ3v) is 4.77. The molecule has 0 radical (unpaired) electrons. The van der Waals surface area contributed by atoms with Gasteiger partial charge in [0.1, 0.15) is 0 Å². The maximum atomic E-state index is 12.6. The molecule has 3 amide bonds. The molecule has 1 aromatic heterocycles. The van der Waals surface area contributed by atoms with Crippen molar-refractivity contribution in [3.8, 4) is 0 Å². The molecule has 0 aliphatic heterocycles. The molecule has 1 heterocycles. The van der Waals surface area contributed by atoms with E-state index in [4.69, 9.17) is 14.6 Å². The Morgan fingerprint density at radius 2 is 1.90 bits per heavy atom. The van der Waals surface area contributed by atoms with E-state index in [2.05, 4.69) is 27.9 Å². The molecule has 1 fully saturated rings. The number of urea groups is 1. The van der Waals surface area contributed by atoms with Crippen molar-refractivity contribution in [2.75, 3.05) is 13.2 Å². The number of nitrogens with one attached hydrogen (secondary N) is 3. The van der Waals surface area contributed by atoms with Gasteiger partial charge in [0.15, 0.2) is 0 Å². The highest BCUT2D eigenvalue weighted by Crippen LogP contribution is 2.27. The molecule has 0 spiro atoms. The van der Waals surface area contributed by atoms with Crippen LogP contribution in [0.25, 0.3) is 0 Å². The molecule has 1 aliphatic carbocycles. The van der Waals surface area contributed by atoms with E-state index >= 15 is 0 Å². The van der Waals surface area contributed by atoms with Crippen LogP contribution in [0.4, 0.5) is 4.79 Å². The minimum atomic E-state index is -0.250. The van der Waals surface area contributed by atoms with Crippen LogP contribution in [0.5, 0.6) is 0 Å². The van der Waals surface area contributed by atoms with Crippen LogP contribution in [-0.4, -0.2) is 53.8 Å². The molecule has 0 unspecified atom stereocenters. The zero-order valence-electron chi connectivity index (χ0n) is 17.8. The highest BCUT2D eigenvalue weighted by atomic mass is 16.5. The van der Waals surface area contributed by atoms with Crippen LogP contribution in [0.2, 0.25) is 0 Å². The maximum absolute atomic E-state index is 12.6. The first kappa shape index (κ1) is 25.4. The summed E-state index contributed by atoms with van der Waals surface area (Å²) < 4.78 is 5.96. The van der Waals surface area contributed by atoms with Gasteiger partial charge < -0.3 is 25.8 Å². The molecular formula is C21H34N4O5. The SMILES string of the molecule is CCCNC(=O)N[C@@H]1CC[C@H](C(=O)NCc2ccncc2)C[C@H]1OCCC.O=CO. The average molecular weight is 423 g/mol. The summed E-state index contributed by atoms with van der Waals surface area (Å²) in [7, 11) is 0. The largest absolute Gasteiger partial charge is 0.483 e. The molecule has 0 aromatic carbocycles. The third-order valence-electron chi connectivity index (χ3n) is 4.77. The number of aromatic nitrogens is 1. The van der Waals surface area contributed by atoms with Crippen LogP contribution < -0.4 is 16.0 Å². The van der Waals surface area contributed by atoms with Crippen molar-refractivity contribution in [2.45, 2.75) is 64.6 Å². The Bertz CT molecular complexity index is 629. The summed E-state index contributed by atoms with van der Waals surface area (Å²) in [5, 5.41) is 15.8. The lowest BCUT2D eigenvalue weighted by Crippen LogP contribution is -2.52. The summed E-state index contributed by atoms with van der Waals surface area (Å²) in [5.41, 5.74) is 1.03. The van der Waals surface area contributed by atoms with E-state index in [9.17, 15) is 9.59 Å². The summed E-state index contributed by atoms with van der Waals surface area (Å²) >= 11 is 0. The van der Waals surface area contributed by atoms with E-state index in [1.807, 2.05) is 19.1 Å². The van der Waals surface area contributed by atoms with E-state index in [-0.39, 0.29) is 36.5 Å². The van der Waals surface area contributed by atoms with E-state index in [0.717, 1.165) is 31.2 Å². The number of carbonyl (C=O) groups excluding carboxylic acids is 2. The Morgan fingerprint density at radius 3 is 2.53 bits per heavy atom. The number of hydrogen-bond acceptors (Lipinski definition) is 5. The van der Waals surface area contributed by atoms with Gasteiger partial charge in [-0.25, -0.2) is 4.79 Å². The number of hydrogen-bond donors (Lipinski definition) is 4. The van der Waals surface area contributed by atoms with Crippen LogP contribution in [0.3, 0.4) is 0 Å². The quantitative estimate of drug-likeness (QED) is 0.451. The molecule has 1 aliphatic rings. The molecule has 1 aromatic rings. The maximum Gasteiger partial charge on any atom is 0.315 e. The van der Waals surface area contributed by atoms with Gasteiger partial charge in [0.2, 0.25) is 5.91 Å². The van der Waals surface area contributed by atoms with E-state index in [0.29, 0.717) is 26.1 Å². The molecule has 168 valence electrons. The first-order valence-corrected chi connectivity index (χ1v) is 10.5. The molecule has 4 N–H and O–H groups in total. The van der Waals surface area contributed by atoms with Crippen molar-refractivity contribution in [1.82, 2.24) is 20.9 Å². The highest BCUT2D eigenvalue weighted by molar-refractivity contribution is 5.79. The predicted molar refractivity (Wildman–Crippen MR) is 113 cm³/mol. The lowest BCUT2D eigenvalue weighted by atomic mass is 9.83. The van der Waals surface area contributed by atoms with Gasteiger partial charge in [0.05, 0.1) is 12.1 Å². The number of carboxylic acid groups (broad SMARTS) is 1. The lowest BCUT2D eigenvalue weighted by molar-refractivity contribution is -0.128. The zero-order chi connectivity index (χ0) is 22.2. The minimum absolute atomic E-state index is 0.0470. The van der Waals surface area contributed by atoms with Gasteiger partial charge >= 0.3 is 6.03 Å². The number of rotatable bonds is 9. The molecule has 9 nitrogen and oxygen atoms in total. The zero-order valence-corrected chi connectivity index (χ0v) is 17.8. The van der Waals surface area contributed by atoms with Crippen LogP contribution in [0.15, 0.2) is 24.5 Å². The topological polar surface area (TPSA) is 130 Å². The summed E-state index contributed by atoms with van der Waals surface area (Å²) in [6.45, 7) is 5.60. The minimum Gasteiger partial charge on any atom is -0.483 e. The van der Waals surface area contributed by atoms with Crippen molar-refractivity contribution in [3.63, 3.8) is 0 Å². The summed E-state index contributed by atoms with van der Waals surface area (Å²) in [6, 6.07) is 3.57. The first-order valence-electron chi connectivity index (χ1n) is 10.5. The standard InChI is InChI=1S/C20H32N4O3.CH2O2/c1-3-9-22-20(26)24-17-6-5-16(13-18(17)27-12-4-2)19(25)23-14-15-7-10-21-11-8-15;2-1-3/h7-8,10-11,16-18H,3-6,9,12-14H2,1-2H3,(H,23,25)(H2,22,24,26);1H,(H,2,3)/t16-,17+,18+;/m0./s1. The summed E-state index contributed by atoms with van der Waals surface area (Å²) in [5.74, 6) is -0.0451. The van der Waals surface area contributed by atoms with E-state index < -0.39 is 0 Å². The van der Waals surface area contributed by atoms with Crippen molar-refractivity contribution < 1.29 is 24.2 Å². The van der Waals surface area contributed by atoms with E-state index in [1.54, 1.807) is 12.4 Å². The van der Waals surface area contributed by atoms with E-state index in [1.165, 1.54) is 0 Å². The van der Waals surface area contributed by atoms with Crippen molar-refractivity contribution >= 4 is 18.4 Å². The van der Waals surface area contributed by atoms with Crippen molar-refractivity contribution in [3.05, 3.63) is 30.1 Å². The molecule has 3 atom stereocenters. The number of carbonyl (C=O) groups is 3. The first-order chi connectivity index (χ1) is 14.5. The molecule has 0 bridgehead atoms. The van der Waals surface area contributed by atoms with Crippen molar-refractivity contribution in [2.24, 2.45) is 5.92 Å². The van der Waals surface area contributed by atoms with Gasteiger partial charge in [-0.05, 0) is 49.8 Å². The lowest BCUT2D eigenvalue weighted by Gasteiger charge is -2.35. The van der Waals surface area contributed by atoms with Gasteiger partial charge in [-0.3, -0.25) is 14.6 Å². The van der Waals surface area contributed by atoms with Gasteiger partial charge in [-0.1, -0.05) is 13.8 Å². The fourth-order valence-corrected chi connectivity index (χ4v) is 3.28. The second-order valence-corrected chi connectivity index (χ2v) is 7.10. The van der Waals surface area contributed by atoms with Gasteiger partial charge in [-0.15, -0.1) is 0 Å². The highest BCUT2D eigenvalue weighted by Gasteiger charge is 2.35. The number of ether oxygens (including phenoxy) is 1. The normalized spacial score (nSPS) is 20.3. The number of nitrogens with zero attached hydrogens (tertiary/aromatic N) is 1. The molecule has 0 saturated heterocycles. The second kappa shape index (κ2) is 15.2. The van der Waals surface area contributed by atoms with Crippen LogP contribution in [0.1, 0.15) is 51.5 Å². The average Bonchev–Trinajstić information content (AvgIpc) is 2.76. The Hall–Kier alpha value is -2.68. The van der Waals surface area contributed by atoms with Crippen LogP contribution in [0, 0.1) is 5.92 Å². The Kier molecular flexibility index (Phi) is 12.8. The van der Waals surface area contributed by atoms with Gasteiger partial charge in [0, 0.05) is 38.0 Å². The molecule has 1 saturated carbocycles. The Balaban J connectivity index is 0.00000141. The fraction of sp³-hybridized carbons (Fsp3) is 0.619. The summed E-state index contributed by atoms with van der Waals surface area (Å²) in [4.78, 5) is 36.9. The predicted octanol–water partition coefficient (Wildman–Crippen LogP) is 2.07.